The molecule has 1 aliphatic carbocycles. The highest BCUT2D eigenvalue weighted by atomic mass is 15.5. The van der Waals surface area contributed by atoms with Crippen LogP contribution in [0.3, 0.4) is 0 Å². The van der Waals surface area contributed by atoms with Gasteiger partial charge in [0.1, 0.15) is 0 Å². The third-order valence-electron chi connectivity index (χ3n) is 3.08. The van der Waals surface area contributed by atoms with E-state index in [-0.39, 0.29) is 0 Å². The number of H-pyrrole nitrogens is 1. The van der Waals surface area contributed by atoms with Gasteiger partial charge in [-0.1, -0.05) is 5.21 Å². The summed E-state index contributed by atoms with van der Waals surface area (Å²) in [6.45, 7) is 2.38. The maximum absolute atomic E-state index is 3.96. The van der Waals surface area contributed by atoms with Gasteiger partial charge in [0.05, 0.1) is 0 Å². The molecule has 2 N–H and O–H groups in total. The van der Waals surface area contributed by atoms with Gasteiger partial charge in [-0.05, 0) is 30.8 Å². The molecule has 1 saturated heterocycles. The molecule has 2 unspecified atom stereocenters. The number of nitrogens with zero attached hydrogens (tertiary/aromatic N) is 3. The smallest absolute Gasteiger partial charge is 0.174 e. The maximum atomic E-state index is 3.96. The first-order valence-electron chi connectivity index (χ1n) is 4.38. The minimum absolute atomic E-state index is 0.823. The summed E-state index contributed by atoms with van der Waals surface area (Å²) in [5.41, 5.74) is 0. The molecule has 2 aliphatic rings. The lowest BCUT2D eigenvalue weighted by molar-refractivity contribution is 0.581. The predicted octanol–water partition coefficient (Wildman–Crippen LogP) is -0.792. The summed E-state index contributed by atoms with van der Waals surface area (Å²) in [6.07, 6.45) is 1.01. The van der Waals surface area contributed by atoms with Crippen LogP contribution in [0, 0.1) is 17.8 Å². The molecule has 64 valence electrons. The second kappa shape index (κ2) is 2.26. The number of piperidine rings is 1. The van der Waals surface area contributed by atoms with Crippen molar-refractivity contribution in [3.63, 3.8) is 0 Å². The molecule has 0 bridgehead atoms. The highest BCUT2D eigenvalue weighted by Gasteiger charge is 2.52. The Morgan fingerprint density at radius 3 is 2.83 bits per heavy atom. The van der Waals surface area contributed by atoms with Crippen LogP contribution in [-0.2, 0) is 6.42 Å². The Morgan fingerprint density at radius 1 is 1.33 bits per heavy atom. The van der Waals surface area contributed by atoms with E-state index in [0.29, 0.717) is 0 Å². The van der Waals surface area contributed by atoms with Crippen molar-refractivity contribution in [2.75, 3.05) is 13.1 Å². The van der Waals surface area contributed by atoms with Crippen LogP contribution < -0.4 is 5.32 Å². The lowest BCUT2D eigenvalue weighted by Gasteiger charge is -1.99. The molecule has 5 nitrogen and oxygen atoms in total. The summed E-state index contributed by atoms with van der Waals surface area (Å²) < 4.78 is 0. The fourth-order valence-electron chi connectivity index (χ4n) is 2.33. The number of hydrogen-bond donors (Lipinski definition) is 2. The molecule has 0 aromatic carbocycles. The first-order chi connectivity index (χ1) is 5.95. The van der Waals surface area contributed by atoms with Crippen LogP contribution in [0.1, 0.15) is 5.82 Å². The molecule has 0 amide bonds. The van der Waals surface area contributed by atoms with Gasteiger partial charge in [-0.25, -0.2) is 0 Å². The first-order valence-corrected chi connectivity index (χ1v) is 4.38. The van der Waals surface area contributed by atoms with E-state index in [1.165, 1.54) is 13.1 Å². The van der Waals surface area contributed by atoms with Gasteiger partial charge in [0, 0.05) is 6.42 Å². The van der Waals surface area contributed by atoms with Crippen LogP contribution in [0.15, 0.2) is 0 Å². The standard InChI is InChI=1S/C7H11N5/c1(7-9-11-12-10-7)4-5-2-8-3-6(4)5/h4-6,8H,1-3H2,(H,9,10,11,12)/t4?,5-,6?/m0/s1. The van der Waals surface area contributed by atoms with Crippen molar-refractivity contribution in [2.45, 2.75) is 6.42 Å². The molecule has 5 heteroatoms. The minimum Gasteiger partial charge on any atom is -0.316 e. The van der Waals surface area contributed by atoms with Gasteiger partial charge in [0.15, 0.2) is 5.82 Å². The Kier molecular flexibility index (Phi) is 1.23. The first kappa shape index (κ1) is 6.54. The largest absolute Gasteiger partial charge is 0.316 e. The average Bonchev–Trinajstić information content (AvgIpc) is 2.59. The van der Waals surface area contributed by atoms with Crippen LogP contribution in [-0.4, -0.2) is 33.7 Å². The zero-order chi connectivity index (χ0) is 7.97. The van der Waals surface area contributed by atoms with Gasteiger partial charge in [-0.3, -0.25) is 0 Å². The number of aromatic amines is 1. The molecule has 12 heavy (non-hydrogen) atoms. The van der Waals surface area contributed by atoms with Gasteiger partial charge in [-0.15, -0.1) is 10.2 Å². The van der Waals surface area contributed by atoms with Gasteiger partial charge in [-0.2, -0.15) is 5.21 Å². The van der Waals surface area contributed by atoms with Crippen molar-refractivity contribution < 1.29 is 0 Å². The van der Waals surface area contributed by atoms with Gasteiger partial charge in [0.25, 0.3) is 0 Å². The van der Waals surface area contributed by atoms with Crippen molar-refractivity contribution in [1.82, 2.24) is 25.9 Å². The number of hydrogen-bond acceptors (Lipinski definition) is 4. The minimum atomic E-state index is 0.823. The van der Waals surface area contributed by atoms with E-state index in [1.807, 2.05) is 0 Å². The normalized spacial score (nSPS) is 38.2. The summed E-state index contributed by atoms with van der Waals surface area (Å²) in [4.78, 5) is 0. The van der Waals surface area contributed by atoms with Crippen LogP contribution in [0.2, 0.25) is 0 Å². The summed E-state index contributed by atoms with van der Waals surface area (Å²) in [5, 5.41) is 17.3. The molecule has 0 radical (unpaired) electrons. The van der Waals surface area contributed by atoms with Crippen molar-refractivity contribution >= 4 is 0 Å². The summed E-state index contributed by atoms with van der Waals surface area (Å²) >= 11 is 0. The van der Waals surface area contributed by atoms with E-state index in [1.54, 1.807) is 0 Å². The van der Waals surface area contributed by atoms with E-state index in [2.05, 4.69) is 25.9 Å². The molecule has 3 rings (SSSR count). The molecule has 1 saturated carbocycles. The van der Waals surface area contributed by atoms with Crippen molar-refractivity contribution in [1.29, 1.82) is 0 Å². The molecular weight excluding hydrogens is 154 g/mol. The summed E-state index contributed by atoms with van der Waals surface area (Å²) in [6, 6.07) is 0. The number of fused-ring (bicyclic) bond motifs is 1. The lowest BCUT2D eigenvalue weighted by Crippen LogP contribution is -2.15. The maximum Gasteiger partial charge on any atom is 0.174 e. The molecule has 1 aliphatic heterocycles. The summed E-state index contributed by atoms with van der Waals surface area (Å²) in [7, 11) is 0. The number of aromatic nitrogens is 4. The Labute approximate surface area is 69.9 Å². The van der Waals surface area contributed by atoms with E-state index < -0.39 is 0 Å². The van der Waals surface area contributed by atoms with Gasteiger partial charge in [0.2, 0.25) is 0 Å². The zero-order valence-corrected chi connectivity index (χ0v) is 6.70. The highest BCUT2D eigenvalue weighted by molar-refractivity contribution is 5.06. The summed E-state index contributed by atoms with van der Waals surface area (Å²) in [5.74, 6) is 3.48. The van der Waals surface area contributed by atoms with Crippen molar-refractivity contribution in [3.05, 3.63) is 5.82 Å². The molecular formula is C7H11N5. The number of nitrogens with one attached hydrogen (secondary N) is 2. The number of rotatable bonds is 2. The zero-order valence-electron chi connectivity index (χ0n) is 6.70. The molecule has 1 aromatic heterocycles. The van der Waals surface area contributed by atoms with Crippen LogP contribution in [0.4, 0.5) is 0 Å². The van der Waals surface area contributed by atoms with Gasteiger partial charge >= 0.3 is 0 Å². The monoisotopic (exact) mass is 165 g/mol. The highest BCUT2D eigenvalue weighted by Crippen LogP contribution is 2.49. The third kappa shape index (κ3) is 0.859. The molecule has 2 heterocycles. The SMILES string of the molecule is C1NC[C@@H]2C1C2Cc1nn[nH]n1. The van der Waals surface area contributed by atoms with E-state index in [0.717, 1.165) is 30.0 Å². The Bertz CT molecular complexity index is 259. The fourth-order valence-corrected chi connectivity index (χ4v) is 2.33. The Morgan fingerprint density at radius 2 is 2.17 bits per heavy atom. The second-order valence-corrected chi connectivity index (χ2v) is 3.68. The predicted molar refractivity (Wildman–Crippen MR) is 41.2 cm³/mol. The molecule has 1 aromatic rings. The van der Waals surface area contributed by atoms with Crippen LogP contribution >= 0.6 is 0 Å². The quantitative estimate of drug-likeness (QED) is 0.602. The van der Waals surface area contributed by atoms with Crippen molar-refractivity contribution in [3.8, 4) is 0 Å². The van der Waals surface area contributed by atoms with E-state index >= 15 is 0 Å². The average molecular weight is 165 g/mol. The van der Waals surface area contributed by atoms with Crippen LogP contribution in [0.25, 0.3) is 0 Å². The Hall–Kier alpha value is -0.970. The van der Waals surface area contributed by atoms with Gasteiger partial charge < -0.3 is 5.32 Å². The van der Waals surface area contributed by atoms with Crippen molar-refractivity contribution in [2.24, 2.45) is 17.8 Å². The third-order valence-corrected chi connectivity index (χ3v) is 3.08. The topological polar surface area (TPSA) is 66.5 Å². The second-order valence-electron chi connectivity index (χ2n) is 3.68. The number of tetrazole rings is 1. The Balaban J connectivity index is 1.65. The van der Waals surface area contributed by atoms with Crippen LogP contribution in [0.5, 0.6) is 0 Å². The lowest BCUT2D eigenvalue weighted by atomic mass is 10.2. The fraction of sp³-hybridized carbons (Fsp3) is 0.857. The van der Waals surface area contributed by atoms with E-state index in [9.17, 15) is 0 Å². The molecule has 2 fully saturated rings. The van der Waals surface area contributed by atoms with E-state index in [4.69, 9.17) is 0 Å². The molecule has 0 spiro atoms. The molecule has 3 atom stereocenters.